The van der Waals surface area contributed by atoms with E-state index in [1.54, 1.807) is 0 Å². The maximum absolute atomic E-state index is 12.7. The highest BCUT2D eigenvalue weighted by Gasteiger charge is 2.54. The highest BCUT2D eigenvalue weighted by molar-refractivity contribution is 6.74. The topological polar surface area (TPSA) is 35.5 Å². The zero-order chi connectivity index (χ0) is 24.5. The lowest BCUT2D eigenvalue weighted by Crippen LogP contribution is -2.45. The van der Waals surface area contributed by atoms with Crippen molar-refractivity contribution in [2.75, 3.05) is 0 Å². The smallest absolute Gasteiger partial charge is 0.192 e. The van der Waals surface area contributed by atoms with Gasteiger partial charge in [-0.1, -0.05) is 79.9 Å². The molecule has 2 bridgehead atoms. The van der Waals surface area contributed by atoms with Gasteiger partial charge in [0.05, 0.1) is 6.10 Å². The summed E-state index contributed by atoms with van der Waals surface area (Å²) in [6, 6.07) is 0. The maximum atomic E-state index is 12.7. The van der Waals surface area contributed by atoms with Gasteiger partial charge in [-0.3, -0.25) is 4.79 Å². The molecular weight excluding hydrogens is 428 g/mol. The third kappa shape index (κ3) is 6.46. The molecule has 0 saturated heterocycles. The second kappa shape index (κ2) is 10.2. The highest BCUT2D eigenvalue weighted by Crippen LogP contribution is 2.51. The van der Waals surface area contributed by atoms with Crippen molar-refractivity contribution in [3.63, 3.8) is 0 Å². The van der Waals surface area contributed by atoms with Crippen molar-refractivity contribution < 1.29 is 13.6 Å². The standard InChI is InChI=1S/C27H52O3Si2/c1-12-13-14-15-20(29-31(8,9)26(2,3)4)16-17-21-22-19-25(23(21)18-24(22)28)30-32(10,11)27(5,6)7/h16-17,20-23,25H,12-15,18-19H2,1-11H3. The fourth-order valence-corrected chi connectivity index (χ4v) is 7.38. The second-order valence-electron chi connectivity index (χ2n) is 13.5. The van der Waals surface area contributed by atoms with Gasteiger partial charge in [0, 0.05) is 18.4 Å². The molecule has 0 N–H and O–H groups in total. The van der Waals surface area contributed by atoms with Crippen LogP contribution in [0.1, 0.15) is 87.0 Å². The lowest BCUT2D eigenvalue weighted by atomic mass is 9.95. The zero-order valence-corrected chi connectivity index (χ0v) is 25.0. The largest absolute Gasteiger partial charge is 0.414 e. The van der Waals surface area contributed by atoms with Crippen LogP contribution >= 0.6 is 0 Å². The van der Waals surface area contributed by atoms with Gasteiger partial charge in [0.15, 0.2) is 16.6 Å². The Bertz CT molecular complexity index is 669. The average molecular weight is 481 g/mol. The molecular formula is C27H52O3Si2. The lowest BCUT2D eigenvalue weighted by molar-refractivity contribution is -0.123. The van der Waals surface area contributed by atoms with E-state index in [9.17, 15) is 4.79 Å². The number of hydrogen-bond acceptors (Lipinski definition) is 3. The molecule has 0 aromatic carbocycles. The molecule has 186 valence electrons. The molecule has 0 radical (unpaired) electrons. The van der Waals surface area contributed by atoms with Crippen molar-refractivity contribution in [1.82, 2.24) is 0 Å². The van der Waals surface area contributed by atoms with Gasteiger partial charge in [0.25, 0.3) is 0 Å². The molecule has 2 aliphatic rings. The summed E-state index contributed by atoms with van der Waals surface area (Å²) >= 11 is 0. The Morgan fingerprint density at radius 1 is 1.00 bits per heavy atom. The van der Waals surface area contributed by atoms with Crippen molar-refractivity contribution in [3.8, 4) is 0 Å². The first-order valence-electron chi connectivity index (χ1n) is 13.1. The van der Waals surface area contributed by atoms with E-state index in [0.29, 0.717) is 24.0 Å². The number of hydrogen-bond donors (Lipinski definition) is 0. The minimum Gasteiger partial charge on any atom is -0.414 e. The van der Waals surface area contributed by atoms with Gasteiger partial charge in [0.2, 0.25) is 0 Å². The van der Waals surface area contributed by atoms with E-state index in [1.165, 1.54) is 19.3 Å². The van der Waals surface area contributed by atoms with Crippen molar-refractivity contribution in [3.05, 3.63) is 12.2 Å². The molecule has 0 heterocycles. The van der Waals surface area contributed by atoms with Gasteiger partial charge in [0.1, 0.15) is 5.78 Å². The number of rotatable bonds is 10. The normalized spacial score (nSPS) is 28.2. The second-order valence-corrected chi connectivity index (χ2v) is 23.0. The molecule has 0 aliphatic heterocycles. The number of Topliss-reactive ketones (excluding diaryl/α,β-unsaturated/α-hetero) is 1. The van der Waals surface area contributed by atoms with Gasteiger partial charge < -0.3 is 8.85 Å². The van der Waals surface area contributed by atoms with Crippen LogP contribution in [-0.4, -0.2) is 34.6 Å². The first-order chi connectivity index (χ1) is 14.5. The number of carbonyl (C=O) groups excluding carboxylic acids is 1. The van der Waals surface area contributed by atoms with Crippen LogP contribution in [0.4, 0.5) is 0 Å². The van der Waals surface area contributed by atoms with Crippen LogP contribution in [0, 0.1) is 17.8 Å². The van der Waals surface area contributed by atoms with Crippen molar-refractivity contribution in [1.29, 1.82) is 0 Å². The fraction of sp³-hybridized carbons (Fsp3) is 0.889. The Hall–Kier alpha value is -0.236. The van der Waals surface area contributed by atoms with Crippen LogP contribution in [0.2, 0.25) is 36.3 Å². The van der Waals surface area contributed by atoms with E-state index in [2.05, 4.69) is 86.8 Å². The van der Waals surface area contributed by atoms with E-state index in [-0.39, 0.29) is 28.2 Å². The summed E-state index contributed by atoms with van der Waals surface area (Å²) in [5.74, 6) is 1.28. The first-order valence-corrected chi connectivity index (χ1v) is 18.9. The van der Waals surface area contributed by atoms with Gasteiger partial charge >= 0.3 is 0 Å². The Morgan fingerprint density at radius 2 is 1.59 bits per heavy atom. The average Bonchev–Trinajstić information content (AvgIpc) is 3.09. The molecule has 3 nitrogen and oxygen atoms in total. The fourth-order valence-electron chi connectivity index (χ4n) is 4.69. The summed E-state index contributed by atoms with van der Waals surface area (Å²) < 4.78 is 13.6. The van der Waals surface area contributed by atoms with Crippen molar-refractivity contribution in [2.24, 2.45) is 17.8 Å². The van der Waals surface area contributed by atoms with E-state index in [4.69, 9.17) is 8.85 Å². The Morgan fingerprint density at radius 3 is 2.12 bits per heavy atom. The quantitative estimate of drug-likeness (QED) is 0.180. The van der Waals surface area contributed by atoms with Crippen LogP contribution < -0.4 is 0 Å². The minimum atomic E-state index is -1.84. The van der Waals surface area contributed by atoms with Crippen LogP contribution in [-0.2, 0) is 13.6 Å². The van der Waals surface area contributed by atoms with Crippen LogP contribution in [0.3, 0.4) is 0 Å². The molecule has 5 atom stereocenters. The lowest BCUT2D eigenvalue weighted by Gasteiger charge is -2.40. The van der Waals surface area contributed by atoms with E-state index >= 15 is 0 Å². The molecule has 32 heavy (non-hydrogen) atoms. The number of ketones is 1. The summed E-state index contributed by atoms with van der Waals surface area (Å²) in [4.78, 5) is 12.7. The third-order valence-corrected chi connectivity index (χ3v) is 17.9. The molecule has 0 aromatic heterocycles. The van der Waals surface area contributed by atoms with Gasteiger partial charge in [-0.2, -0.15) is 0 Å². The van der Waals surface area contributed by atoms with Crippen LogP contribution in [0.5, 0.6) is 0 Å². The molecule has 2 fully saturated rings. The maximum Gasteiger partial charge on any atom is 0.192 e. The van der Waals surface area contributed by atoms with Gasteiger partial charge in [-0.25, -0.2) is 0 Å². The number of unbranched alkanes of at least 4 members (excludes halogenated alkanes) is 2. The van der Waals surface area contributed by atoms with Crippen LogP contribution in [0.25, 0.3) is 0 Å². The number of fused-ring (bicyclic) bond motifs is 2. The van der Waals surface area contributed by atoms with E-state index in [1.807, 2.05) is 0 Å². The summed E-state index contributed by atoms with van der Waals surface area (Å²) in [5.41, 5.74) is 0. The molecule has 2 rings (SSSR count). The Kier molecular flexibility index (Phi) is 8.90. The predicted molar refractivity (Wildman–Crippen MR) is 142 cm³/mol. The SMILES string of the molecule is CCCCCC(C=CC1C2CC(O[Si](C)(C)C(C)(C)C)C1CC2=O)O[Si](C)(C)C(C)(C)C. The summed E-state index contributed by atoms with van der Waals surface area (Å²) in [6.07, 6.45) is 11.5. The molecule has 2 saturated carbocycles. The third-order valence-electron chi connectivity index (χ3n) is 8.92. The Balaban J connectivity index is 2.15. The molecule has 0 spiro atoms. The molecule has 5 heteroatoms. The number of carbonyl (C=O) groups is 1. The molecule has 2 aliphatic carbocycles. The predicted octanol–water partition coefficient (Wildman–Crippen LogP) is 8.13. The highest BCUT2D eigenvalue weighted by atomic mass is 28.4. The van der Waals surface area contributed by atoms with Gasteiger partial charge in [-0.05, 0) is 60.9 Å². The van der Waals surface area contributed by atoms with Crippen molar-refractivity contribution in [2.45, 2.75) is 135 Å². The summed E-state index contributed by atoms with van der Waals surface area (Å²) in [7, 11) is -3.67. The zero-order valence-electron chi connectivity index (χ0n) is 23.0. The monoisotopic (exact) mass is 480 g/mol. The Labute approximate surface area is 201 Å². The van der Waals surface area contributed by atoms with E-state index in [0.717, 1.165) is 12.8 Å². The summed E-state index contributed by atoms with van der Waals surface area (Å²) in [5, 5.41) is 0.403. The van der Waals surface area contributed by atoms with Gasteiger partial charge in [-0.15, -0.1) is 0 Å². The first kappa shape index (κ1) is 28.0. The molecule has 0 aromatic rings. The van der Waals surface area contributed by atoms with Crippen LogP contribution in [0.15, 0.2) is 12.2 Å². The minimum absolute atomic E-state index is 0.148. The number of allylic oxidation sites excluding steroid dienone is 1. The molecule has 5 unspecified atom stereocenters. The summed E-state index contributed by atoms with van der Waals surface area (Å²) in [6.45, 7) is 25.4. The van der Waals surface area contributed by atoms with E-state index < -0.39 is 16.6 Å². The van der Waals surface area contributed by atoms with Crippen molar-refractivity contribution >= 4 is 22.4 Å². The molecule has 0 amide bonds.